The highest BCUT2D eigenvalue weighted by atomic mass is 32.2. The molecule has 0 aliphatic carbocycles. The number of anilines is 1. The molecular formula is C21H26N3O3S+. The number of nitrogens with one attached hydrogen (secondary N) is 2. The minimum atomic E-state index is -3.45. The third-order valence-electron chi connectivity index (χ3n) is 4.77. The Kier molecular flexibility index (Phi) is 6.61. The van der Waals surface area contributed by atoms with Crippen LogP contribution in [-0.4, -0.2) is 51.4 Å². The molecule has 2 aromatic carbocycles. The molecule has 1 saturated heterocycles. The number of quaternary nitrogens is 1. The minimum Gasteiger partial charge on any atom is -0.325 e. The molecule has 3 rings (SSSR count). The lowest BCUT2D eigenvalue weighted by atomic mass is 10.2. The highest BCUT2D eigenvalue weighted by Crippen LogP contribution is 2.09. The van der Waals surface area contributed by atoms with Crippen LogP contribution in [0.5, 0.6) is 0 Å². The number of amides is 1. The molecule has 0 unspecified atom stereocenters. The molecule has 0 spiro atoms. The van der Waals surface area contributed by atoms with Crippen molar-refractivity contribution in [2.24, 2.45) is 0 Å². The van der Waals surface area contributed by atoms with Gasteiger partial charge in [0.2, 0.25) is 10.0 Å². The summed E-state index contributed by atoms with van der Waals surface area (Å²) >= 11 is 0. The molecule has 28 heavy (non-hydrogen) atoms. The monoisotopic (exact) mass is 400 g/mol. The van der Waals surface area contributed by atoms with E-state index < -0.39 is 10.0 Å². The van der Waals surface area contributed by atoms with E-state index in [4.69, 9.17) is 0 Å². The summed E-state index contributed by atoms with van der Waals surface area (Å²) in [5, 5.41) is 4.15. The van der Waals surface area contributed by atoms with E-state index in [1.54, 1.807) is 6.08 Å². The second kappa shape index (κ2) is 9.14. The number of carbonyl (C=O) groups excluding carboxylic acids is 1. The SMILES string of the molecule is Cc1ccc(NC(=O)C[NH+]2CCN(S(=O)(=O)/C=C/c3ccccc3)CC2)cc1. The maximum absolute atomic E-state index is 12.5. The van der Waals surface area contributed by atoms with E-state index in [9.17, 15) is 13.2 Å². The zero-order chi connectivity index (χ0) is 20.0. The van der Waals surface area contributed by atoms with Crippen molar-refractivity contribution in [3.8, 4) is 0 Å². The molecule has 0 bridgehead atoms. The number of sulfonamides is 1. The third-order valence-corrected chi connectivity index (χ3v) is 6.33. The summed E-state index contributed by atoms with van der Waals surface area (Å²) in [6.07, 6.45) is 1.61. The number of rotatable bonds is 6. The minimum absolute atomic E-state index is 0.0564. The Labute approximate surface area is 166 Å². The molecule has 1 aliphatic heterocycles. The summed E-state index contributed by atoms with van der Waals surface area (Å²) < 4.78 is 26.5. The van der Waals surface area contributed by atoms with E-state index in [0.717, 1.165) is 21.7 Å². The average molecular weight is 401 g/mol. The van der Waals surface area contributed by atoms with Crippen LogP contribution < -0.4 is 10.2 Å². The Hall–Kier alpha value is -2.48. The summed E-state index contributed by atoms with van der Waals surface area (Å²) in [5.74, 6) is -0.0564. The number of benzene rings is 2. The van der Waals surface area contributed by atoms with Crippen LogP contribution in [0.1, 0.15) is 11.1 Å². The predicted octanol–water partition coefficient (Wildman–Crippen LogP) is 1.13. The van der Waals surface area contributed by atoms with Gasteiger partial charge >= 0.3 is 0 Å². The van der Waals surface area contributed by atoms with Crippen LogP contribution in [0.4, 0.5) is 5.69 Å². The van der Waals surface area contributed by atoms with E-state index in [0.29, 0.717) is 32.7 Å². The van der Waals surface area contributed by atoms with Gasteiger partial charge in [-0.25, -0.2) is 8.42 Å². The first-order valence-electron chi connectivity index (χ1n) is 9.36. The maximum Gasteiger partial charge on any atom is 0.279 e. The van der Waals surface area contributed by atoms with Crippen molar-refractivity contribution in [2.45, 2.75) is 6.92 Å². The highest BCUT2D eigenvalue weighted by Gasteiger charge is 2.28. The predicted molar refractivity (Wildman–Crippen MR) is 111 cm³/mol. The number of nitrogens with zero attached hydrogens (tertiary/aromatic N) is 1. The molecule has 1 heterocycles. The van der Waals surface area contributed by atoms with Crippen molar-refractivity contribution in [3.05, 3.63) is 71.1 Å². The summed E-state index contributed by atoms with van der Waals surface area (Å²) in [7, 11) is -3.45. The third kappa shape index (κ3) is 5.76. The van der Waals surface area contributed by atoms with Crippen molar-refractivity contribution in [1.82, 2.24) is 4.31 Å². The fourth-order valence-corrected chi connectivity index (χ4v) is 4.31. The van der Waals surface area contributed by atoms with Gasteiger partial charge in [0.25, 0.3) is 5.91 Å². The van der Waals surface area contributed by atoms with Crippen LogP contribution in [0.15, 0.2) is 60.0 Å². The Morgan fingerprint density at radius 3 is 2.36 bits per heavy atom. The van der Waals surface area contributed by atoms with Crippen LogP contribution in [0, 0.1) is 6.92 Å². The highest BCUT2D eigenvalue weighted by molar-refractivity contribution is 7.92. The lowest BCUT2D eigenvalue weighted by molar-refractivity contribution is -0.895. The lowest BCUT2D eigenvalue weighted by Gasteiger charge is -2.30. The second-order valence-corrected chi connectivity index (χ2v) is 8.82. The fourth-order valence-electron chi connectivity index (χ4n) is 3.12. The normalized spacial score (nSPS) is 16.3. The Balaban J connectivity index is 1.49. The quantitative estimate of drug-likeness (QED) is 0.764. The number of piperazine rings is 1. The maximum atomic E-state index is 12.5. The molecule has 148 valence electrons. The largest absolute Gasteiger partial charge is 0.325 e. The van der Waals surface area contributed by atoms with Gasteiger partial charge in [0.05, 0.1) is 26.2 Å². The van der Waals surface area contributed by atoms with Crippen LogP contribution in [-0.2, 0) is 14.8 Å². The van der Waals surface area contributed by atoms with E-state index >= 15 is 0 Å². The first-order valence-corrected chi connectivity index (χ1v) is 10.9. The molecule has 1 amide bonds. The molecule has 2 aromatic rings. The van der Waals surface area contributed by atoms with E-state index in [1.807, 2.05) is 61.5 Å². The van der Waals surface area contributed by atoms with Gasteiger partial charge in [0.15, 0.2) is 6.54 Å². The van der Waals surface area contributed by atoms with Crippen molar-refractivity contribution in [3.63, 3.8) is 0 Å². The van der Waals surface area contributed by atoms with Gasteiger partial charge in [-0.2, -0.15) is 4.31 Å². The molecule has 0 saturated carbocycles. The van der Waals surface area contributed by atoms with Crippen molar-refractivity contribution in [1.29, 1.82) is 0 Å². The summed E-state index contributed by atoms with van der Waals surface area (Å²) in [6.45, 7) is 4.38. The van der Waals surface area contributed by atoms with Crippen LogP contribution in [0.2, 0.25) is 0 Å². The van der Waals surface area contributed by atoms with Gasteiger partial charge in [-0.3, -0.25) is 4.79 Å². The Morgan fingerprint density at radius 1 is 1.07 bits per heavy atom. The standard InChI is InChI=1S/C21H25N3O3S/c1-18-7-9-20(10-8-18)22-21(25)17-23-12-14-24(15-13-23)28(26,27)16-11-19-5-3-2-4-6-19/h2-11,16H,12-15,17H2,1H3,(H,22,25)/p+1/b16-11+. The van der Waals surface area contributed by atoms with E-state index in [-0.39, 0.29) is 5.91 Å². The molecule has 0 aromatic heterocycles. The molecule has 0 radical (unpaired) electrons. The molecule has 1 fully saturated rings. The zero-order valence-corrected chi connectivity index (χ0v) is 16.8. The number of carbonyl (C=O) groups is 1. The average Bonchev–Trinajstić information content (AvgIpc) is 2.69. The van der Waals surface area contributed by atoms with Crippen LogP contribution in [0.25, 0.3) is 6.08 Å². The Morgan fingerprint density at radius 2 is 1.71 bits per heavy atom. The topological polar surface area (TPSA) is 70.9 Å². The van der Waals surface area contributed by atoms with Crippen molar-refractivity contribution in [2.75, 3.05) is 38.0 Å². The lowest BCUT2D eigenvalue weighted by Crippen LogP contribution is -3.15. The summed E-state index contributed by atoms with van der Waals surface area (Å²) in [6, 6.07) is 17.0. The number of aryl methyl sites for hydroxylation is 1. The van der Waals surface area contributed by atoms with Gasteiger partial charge in [-0.15, -0.1) is 0 Å². The molecule has 0 atom stereocenters. The van der Waals surface area contributed by atoms with Crippen LogP contribution >= 0.6 is 0 Å². The molecule has 1 aliphatic rings. The first kappa shape index (κ1) is 20.3. The fraction of sp³-hybridized carbons (Fsp3) is 0.286. The summed E-state index contributed by atoms with van der Waals surface area (Å²) in [4.78, 5) is 13.3. The van der Waals surface area contributed by atoms with Crippen LogP contribution in [0.3, 0.4) is 0 Å². The van der Waals surface area contributed by atoms with Gasteiger partial charge in [0, 0.05) is 11.1 Å². The van der Waals surface area contributed by atoms with Gasteiger partial charge in [-0.05, 0) is 30.7 Å². The van der Waals surface area contributed by atoms with Gasteiger partial charge in [-0.1, -0.05) is 48.0 Å². The molecule has 7 heteroatoms. The number of hydrogen-bond acceptors (Lipinski definition) is 3. The molecule has 2 N–H and O–H groups in total. The molecule has 6 nitrogen and oxygen atoms in total. The van der Waals surface area contributed by atoms with Crippen molar-refractivity contribution < 1.29 is 18.1 Å². The summed E-state index contributed by atoms with van der Waals surface area (Å²) in [5.41, 5.74) is 2.77. The Bertz CT molecular complexity index is 917. The van der Waals surface area contributed by atoms with E-state index in [1.165, 1.54) is 9.71 Å². The van der Waals surface area contributed by atoms with Gasteiger partial charge in [0.1, 0.15) is 0 Å². The molecular weight excluding hydrogens is 374 g/mol. The van der Waals surface area contributed by atoms with Gasteiger partial charge < -0.3 is 10.2 Å². The number of hydrogen-bond donors (Lipinski definition) is 2. The first-order chi connectivity index (χ1) is 13.4. The zero-order valence-electron chi connectivity index (χ0n) is 16.0. The smallest absolute Gasteiger partial charge is 0.279 e. The van der Waals surface area contributed by atoms with Crippen molar-refractivity contribution >= 4 is 27.7 Å². The van der Waals surface area contributed by atoms with E-state index in [2.05, 4.69) is 5.32 Å². The second-order valence-electron chi connectivity index (χ2n) is 7.00.